The molecule has 0 saturated heterocycles. The van der Waals surface area contributed by atoms with Gasteiger partial charge in [0, 0.05) is 24.3 Å². The van der Waals surface area contributed by atoms with Gasteiger partial charge in [0.05, 0.1) is 36.3 Å². The zero-order valence-electron chi connectivity index (χ0n) is 15.1. The molecule has 1 amide bonds. The molecule has 3 aromatic rings. The summed E-state index contributed by atoms with van der Waals surface area (Å²) in [6, 6.07) is 10.2. The maximum Gasteiger partial charge on any atom is 0.252 e. The lowest BCUT2D eigenvalue weighted by Gasteiger charge is -2.06. The van der Waals surface area contributed by atoms with Crippen molar-refractivity contribution in [2.45, 2.75) is 0 Å². The zero-order valence-corrected chi connectivity index (χ0v) is 16.0. The molecule has 2 heterocycles. The fourth-order valence-electron chi connectivity index (χ4n) is 2.41. The third-order valence-corrected chi connectivity index (χ3v) is 4.63. The number of ether oxygens (including phenoxy) is 1. The van der Waals surface area contributed by atoms with Crippen LogP contribution in [0.25, 0.3) is 11.3 Å². The summed E-state index contributed by atoms with van der Waals surface area (Å²) in [7, 11) is 1.62. The van der Waals surface area contributed by atoms with Gasteiger partial charge in [-0.3, -0.25) is 14.8 Å². The molecule has 0 unspecified atom stereocenters. The van der Waals surface area contributed by atoms with Crippen molar-refractivity contribution in [3.8, 4) is 17.0 Å². The molecule has 0 atom stereocenters. The van der Waals surface area contributed by atoms with Crippen LogP contribution in [0.4, 0.5) is 0 Å². The van der Waals surface area contributed by atoms with E-state index in [4.69, 9.17) is 10.5 Å². The van der Waals surface area contributed by atoms with E-state index in [0.29, 0.717) is 34.9 Å². The molecule has 1 aromatic carbocycles. The van der Waals surface area contributed by atoms with Gasteiger partial charge in [-0.1, -0.05) is 6.07 Å². The molecule has 28 heavy (non-hydrogen) atoms. The van der Waals surface area contributed by atoms with Crippen LogP contribution in [-0.4, -0.2) is 47.1 Å². The Balaban J connectivity index is 2.09. The van der Waals surface area contributed by atoms with Crippen molar-refractivity contribution in [3.05, 3.63) is 64.0 Å². The number of thiazole rings is 1. The van der Waals surface area contributed by atoms with E-state index in [9.17, 15) is 9.90 Å². The summed E-state index contributed by atoms with van der Waals surface area (Å²) >= 11 is 1.40. The number of phenols is 1. The van der Waals surface area contributed by atoms with Gasteiger partial charge >= 0.3 is 0 Å². The summed E-state index contributed by atoms with van der Waals surface area (Å²) in [5.41, 5.74) is 7.46. The monoisotopic (exact) mass is 397 g/mol. The Morgan fingerprint density at radius 1 is 1.39 bits per heavy atom. The first-order chi connectivity index (χ1) is 13.6. The second-order valence-corrected chi connectivity index (χ2v) is 6.52. The average Bonchev–Trinajstić information content (AvgIpc) is 3.10. The molecular formula is C19H19N5O3S. The number of rotatable bonds is 7. The zero-order chi connectivity index (χ0) is 19.9. The van der Waals surface area contributed by atoms with Crippen LogP contribution < -0.4 is 10.5 Å². The van der Waals surface area contributed by atoms with Crippen molar-refractivity contribution in [1.82, 2.24) is 9.66 Å². The number of amides is 1. The molecule has 0 saturated carbocycles. The standard InChI is InChI=1S/C19H19N5O3S/c1-27-9-8-22-19-24(23-11-14-4-2-3-7-21-14)16(12-28-19)13-5-6-17(25)15(10-13)18(20)26/h2-7,10-12,25H,8-9H2,1H3,(H2,20,26)/b22-19?,23-11-. The molecule has 0 radical (unpaired) electrons. The predicted octanol–water partition coefficient (Wildman–Crippen LogP) is 1.85. The van der Waals surface area contributed by atoms with E-state index in [1.54, 1.807) is 30.3 Å². The number of carbonyl (C=O) groups is 1. The third-order valence-electron chi connectivity index (χ3n) is 3.78. The van der Waals surface area contributed by atoms with Gasteiger partial charge < -0.3 is 15.6 Å². The largest absolute Gasteiger partial charge is 0.507 e. The molecule has 9 heteroatoms. The van der Waals surface area contributed by atoms with Crippen LogP contribution in [-0.2, 0) is 4.74 Å². The molecule has 0 aliphatic heterocycles. The average molecular weight is 397 g/mol. The van der Waals surface area contributed by atoms with Gasteiger partial charge in [0.15, 0.2) is 0 Å². The lowest BCUT2D eigenvalue weighted by molar-refractivity contribution is 0.0998. The van der Waals surface area contributed by atoms with Gasteiger partial charge in [0.2, 0.25) is 4.80 Å². The minimum Gasteiger partial charge on any atom is -0.507 e. The topological polar surface area (TPSA) is 115 Å². The summed E-state index contributed by atoms with van der Waals surface area (Å²) in [5, 5.41) is 16.2. The highest BCUT2D eigenvalue weighted by atomic mass is 32.1. The van der Waals surface area contributed by atoms with Crippen molar-refractivity contribution < 1.29 is 14.6 Å². The Bertz CT molecular complexity index is 1060. The first-order valence-corrected chi connectivity index (χ1v) is 9.26. The van der Waals surface area contributed by atoms with E-state index >= 15 is 0 Å². The van der Waals surface area contributed by atoms with Crippen LogP contribution in [0.5, 0.6) is 5.75 Å². The number of primary amides is 1. The van der Waals surface area contributed by atoms with E-state index in [2.05, 4.69) is 15.1 Å². The third kappa shape index (κ3) is 4.51. The second-order valence-electron chi connectivity index (χ2n) is 5.69. The molecule has 0 aliphatic carbocycles. The molecule has 3 N–H and O–H groups in total. The van der Waals surface area contributed by atoms with E-state index in [1.807, 2.05) is 23.6 Å². The van der Waals surface area contributed by atoms with Gasteiger partial charge in [-0.05, 0) is 30.3 Å². The van der Waals surface area contributed by atoms with Crippen LogP contribution in [0.15, 0.2) is 58.1 Å². The highest BCUT2D eigenvalue weighted by molar-refractivity contribution is 7.07. The van der Waals surface area contributed by atoms with Crippen LogP contribution in [0.1, 0.15) is 16.1 Å². The van der Waals surface area contributed by atoms with Crippen molar-refractivity contribution in [2.24, 2.45) is 15.8 Å². The Morgan fingerprint density at radius 3 is 2.96 bits per heavy atom. The van der Waals surface area contributed by atoms with Gasteiger partial charge in [-0.2, -0.15) is 5.10 Å². The highest BCUT2D eigenvalue weighted by Crippen LogP contribution is 2.26. The SMILES string of the molecule is COCCN=c1scc(-c2ccc(O)c(C(N)=O)c2)n1/N=C\c1ccccn1. The Morgan fingerprint density at radius 2 is 2.25 bits per heavy atom. The minimum absolute atomic E-state index is 0.0434. The van der Waals surface area contributed by atoms with Gasteiger partial charge in [0.25, 0.3) is 5.91 Å². The molecule has 0 aliphatic rings. The highest BCUT2D eigenvalue weighted by Gasteiger charge is 2.13. The van der Waals surface area contributed by atoms with Gasteiger partial charge in [-0.15, -0.1) is 11.3 Å². The van der Waals surface area contributed by atoms with Crippen LogP contribution in [0.2, 0.25) is 0 Å². The number of nitrogens with zero attached hydrogens (tertiary/aromatic N) is 4. The molecule has 0 bridgehead atoms. The number of nitrogens with two attached hydrogens (primary N) is 1. The summed E-state index contributed by atoms with van der Waals surface area (Å²) in [4.78, 5) is 21.0. The fraction of sp³-hybridized carbons (Fsp3) is 0.158. The number of hydrogen-bond donors (Lipinski definition) is 2. The molecule has 144 valence electrons. The maximum atomic E-state index is 11.6. The molecule has 0 spiro atoms. The van der Waals surface area contributed by atoms with Crippen molar-refractivity contribution >= 4 is 23.5 Å². The van der Waals surface area contributed by atoms with Crippen molar-refractivity contribution in [2.75, 3.05) is 20.3 Å². The second kappa shape index (κ2) is 9.07. The van der Waals surface area contributed by atoms with Crippen molar-refractivity contribution in [1.29, 1.82) is 0 Å². The summed E-state index contributed by atoms with van der Waals surface area (Å²) in [5.74, 6) is -0.872. The molecular weight excluding hydrogens is 378 g/mol. The van der Waals surface area contributed by atoms with Gasteiger partial charge in [0.1, 0.15) is 5.75 Å². The molecule has 3 rings (SSSR count). The Hall–Kier alpha value is -3.30. The summed E-state index contributed by atoms with van der Waals surface area (Å²) in [6.07, 6.45) is 3.31. The minimum atomic E-state index is -0.705. The number of pyridine rings is 1. The summed E-state index contributed by atoms with van der Waals surface area (Å²) < 4.78 is 6.71. The van der Waals surface area contributed by atoms with Crippen LogP contribution in [0.3, 0.4) is 0 Å². The smallest absolute Gasteiger partial charge is 0.252 e. The first kappa shape index (κ1) is 19.5. The van der Waals surface area contributed by atoms with Crippen LogP contribution in [0, 0.1) is 0 Å². The number of benzene rings is 1. The maximum absolute atomic E-state index is 11.6. The quantitative estimate of drug-likeness (QED) is 0.467. The fourth-order valence-corrected chi connectivity index (χ4v) is 3.28. The predicted molar refractivity (Wildman–Crippen MR) is 107 cm³/mol. The number of hydrogen-bond acceptors (Lipinski definition) is 7. The van der Waals surface area contributed by atoms with E-state index < -0.39 is 5.91 Å². The van der Waals surface area contributed by atoms with Crippen molar-refractivity contribution in [3.63, 3.8) is 0 Å². The van der Waals surface area contributed by atoms with E-state index in [0.717, 1.165) is 0 Å². The van der Waals surface area contributed by atoms with E-state index in [1.165, 1.54) is 23.5 Å². The number of carbonyl (C=O) groups excluding carboxylic acids is 1. The van der Waals surface area contributed by atoms with E-state index in [-0.39, 0.29) is 11.3 Å². The normalized spacial score (nSPS) is 12.0. The number of aromatic nitrogens is 2. The molecule has 2 aromatic heterocycles. The molecule has 8 nitrogen and oxygen atoms in total. The first-order valence-electron chi connectivity index (χ1n) is 8.38. The summed E-state index contributed by atoms with van der Waals surface area (Å²) in [6.45, 7) is 0.972. The number of methoxy groups -OCH3 is 1. The van der Waals surface area contributed by atoms with Crippen LogP contribution >= 0.6 is 11.3 Å². The Labute approximate surface area is 165 Å². The lowest BCUT2D eigenvalue weighted by atomic mass is 10.1. The Kier molecular flexibility index (Phi) is 6.30. The van der Waals surface area contributed by atoms with Gasteiger partial charge in [-0.25, -0.2) is 4.68 Å². The number of aromatic hydroxyl groups is 1. The molecule has 0 fully saturated rings. The lowest BCUT2D eigenvalue weighted by Crippen LogP contribution is -2.14.